The molecule has 0 radical (unpaired) electrons. The first-order valence-electron chi connectivity index (χ1n) is 5.12. The summed E-state index contributed by atoms with van der Waals surface area (Å²) >= 11 is 0. The fraction of sp³-hybridized carbons (Fsp3) is 0.909. The van der Waals surface area contributed by atoms with E-state index in [0.717, 1.165) is 25.2 Å². The highest BCUT2D eigenvalue weighted by Crippen LogP contribution is 2.65. The normalized spacial score (nSPS) is 46.7. The number of carbonyl (C=O) groups is 1. The molecule has 74 valence electrons. The molecule has 0 aliphatic heterocycles. The Kier molecular flexibility index (Phi) is 1.59. The van der Waals surface area contributed by atoms with Crippen LogP contribution in [-0.2, 0) is 4.79 Å². The van der Waals surface area contributed by atoms with Crippen molar-refractivity contribution in [1.82, 2.24) is 0 Å². The standard InChI is InChI=1S/C11H18O2/c1-10(2)7-4-5-11(3,9(12)13)8(10)6-7/h7-8H,4-6H2,1-3H3,(H,12,13). The Hall–Kier alpha value is -0.530. The highest BCUT2D eigenvalue weighted by molar-refractivity contribution is 5.75. The van der Waals surface area contributed by atoms with E-state index in [1.807, 2.05) is 6.92 Å². The highest BCUT2D eigenvalue weighted by Gasteiger charge is 2.61. The van der Waals surface area contributed by atoms with Gasteiger partial charge in [-0.25, -0.2) is 0 Å². The molecule has 3 unspecified atom stereocenters. The minimum atomic E-state index is -0.594. The lowest BCUT2D eigenvalue weighted by Gasteiger charge is -2.62. The number of carboxylic acids is 1. The molecule has 3 saturated carbocycles. The second-order valence-corrected chi connectivity index (χ2v) is 5.57. The van der Waals surface area contributed by atoms with Crippen molar-refractivity contribution in [2.24, 2.45) is 22.7 Å². The van der Waals surface area contributed by atoms with Crippen LogP contribution in [0.3, 0.4) is 0 Å². The number of hydrogen-bond acceptors (Lipinski definition) is 1. The Morgan fingerprint density at radius 3 is 2.31 bits per heavy atom. The van der Waals surface area contributed by atoms with E-state index in [1.54, 1.807) is 0 Å². The molecule has 3 aliphatic carbocycles. The van der Waals surface area contributed by atoms with Gasteiger partial charge in [-0.15, -0.1) is 0 Å². The van der Waals surface area contributed by atoms with E-state index in [9.17, 15) is 9.90 Å². The lowest BCUT2D eigenvalue weighted by atomic mass is 9.41. The fourth-order valence-electron chi connectivity index (χ4n) is 3.49. The van der Waals surface area contributed by atoms with Crippen LogP contribution in [0.25, 0.3) is 0 Å². The summed E-state index contributed by atoms with van der Waals surface area (Å²) in [5.74, 6) is 0.588. The van der Waals surface area contributed by atoms with Crippen molar-refractivity contribution in [3.63, 3.8) is 0 Å². The molecule has 13 heavy (non-hydrogen) atoms. The minimum Gasteiger partial charge on any atom is -0.481 e. The van der Waals surface area contributed by atoms with Gasteiger partial charge in [0.05, 0.1) is 5.41 Å². The van der Waals surface area contributed by atoms with Crippen molar-refractivity contribution in [3.05, 3.63) is 0 Å². The van der Waals surface area contributed by atoms with Gasteiger partial charge in [0, 0.05) is 0 Å². The van der Waals surface area contributed by atoms with Gasteiger partial charge in [-0.2, -0.15) is 0 Å². The predicted molar refractivity (Wildman–Crippen MR) is 50.4 cm³/mol. The second kappa shape index (κ2) is 2.28. The third-order valence-corrected chi connectivity index (χ3v) is 4.74. The maximum absolute atomic E-state index is 11.2. The maximum Gasteiger partial charge on any atom is 0.309 e. The maximum atomic E-state index is 11.2. The van der Waals surface area contributed by atoms with Crippen LogP contribution in [0.2, 0.25) is 0 Å². The molecule has 0 aromatic heterocycles. The van der Waals surface area contributed by atoms with Gasteiger partial charge in [-0.3, -0.25) is 4.79 Å². The van der Waals surface area contributed by atoms with Crippen LogP contribution in [0.4, 0.5) is 0 Å². The molecule has 3 fully saturated rings. The molecule has 3 atom stereocenters. The molecular formula is C11H18O2. The summed E-state index contributed by atoms with van der Waals surface area (Å²) in [6, 6.07) is 0. The molecule has 2 heteroatoms. The Morgan fingerprint density at radius 1 is 1.38 bits per heavy atom. The van der Waals surface area contributed by atoms with Gasteiger partial charge < -0.3 is 5.11 Å². The quantitative estimate of drug-likeness (QED) is 0.676. The van der Waals surface area contributed by atoms with Crippen LogP contribution >= 0.6 is 0 Å². The van der Waals surface area contributed by atoms with Crippen LogP contribution in [-0.4, -0.2) is 11.1 Å². The molecule has 3 rings (SSSR count). The lowest BCUT2D eigenvalue weighted by Crippen LogP contribution is -2.59. The molecule has 0 spiro atoms. The number of fused-ring (bicyclic) bond motifs is 2. The molecule has 0 amide bonds. The highest BCUT2D eigenvalue weighted by atomic mass is 16.4. The van der Waals surface area contributed by atoms with Crippen LogP contribution in [0, 0.1) is 22.7 Å². The Balaban J connectivity index is 2.29. The lowest BCUT2D eigenvalue weighted by molar-refractivity contribution is -0.187. The third-order valence-electron chi connectivity index (χ3n) is 4.74. The molecular weight excluding hydrogens is 164 g/mol. The van der Waals surface area contributed by atoms with Gasteiger partial charge in [-0.05, 0) is 43.4 Å². The van der Waals surface area contributed by atoms with Gasteiger partial charge in [-0.1, -0.05) is 13.8 Å². The van der Waals surface area contributed by atoms with E-state index in [1.165, 1.54) is 0 Å². The smallest absolute Gasteiger partial charge is 0.309 e. The minimum absolute atomic E-state index is 0.269. The Bertz CT molecular complexity index is 255. The van der Waals surface area contributed by atoms with Crippen LogP contribution in [0.15, 0.2) is 0 Å². The average Bonchev–Trinajstić information content (AvgIpc) is 2.03. The van der Waals surface area contributed by atoms with Gasteiger partial charge in [0.2, 0.25) is 0 Å². The first-order chi connectivity index (χ1) is 5.89. The summed E-state index contributed by atoms with van der Waals surface area (Å²) in [5.41, 5.74) is -0.177. The van der Waals surface area contributed by atoms with Gasteiger partial charge >= 0.3 is 5.97 Å². The molecule has 0 aromatic rings. The SMILES string of the molecule is CC1(C(=O)O)CCC2CC1C2(C)C. The van der Waals surface area contributed by atoms with Crippen molar-refractivity contribution in [2.75, 3.05) is 0 Å². The van der Waals surface area contributed by atoms with E-state index in [0.29, 0.717) is 5.92 Å². The predicted octanol–water partition coefficient (Wildman–Crippen LogP) is 2.53. The van der Waals surface area contributed by atoms with E-state index in [-0.39, 0.29) is 5.41 Å². The number of hydrogen-bond donors (Lipinski definition) is 1. The second-order valence-electron chi connectivity index (χ2n) is 5.57. The largest absolute Gasteiger partial charge is 0.481 e. The summed E-state index contributed by atoms with van der Waals surface area (Å²) in [4.78, 5) is 11.2. The van der Waals surface area contributed by atoms with Crippen molar-refractivity contribution in [2.45, 2.75) is 40.0 Å². The topological polar surface area (TPSA) is 37.3 Å². The Morgan fingerprint density at radius 2 is 2.00 bits per heavy atom. The van der Waals surface area contributed by atoms with Gasteiger partial charge in [0.15, 0.2) is 0 Å². The molecule has 0 saturated heterocycles. The monoisotopic (exact) mass is 182 g/mol. The summed E-state index contributed by atoms with van der Waals surface area (Å²) in [7, 11) is 0. The molecule has 3 aliphatic rings. The molecule has 0 aromatic carbocycles. The van der Waals surface area contributed by atoms with Gasteiger partial charge in [0.1, 0.15) is 0 Å². The first-order valence-corrected chi connectivity index (χ1v) is 5.12. The van der Waals surface area contributed by atoms with Crippen LogP contribution in [0.1, 0.15) is 40.0 Å². The molecule has 1 N–H and O–H groups in total. The summed E-state index contributed by atoms with van der Waals surface area (Å²) in [6.07, 6.45) is 3.11. The fourth-order valence-corrected chi connectivity index (χ4v) is 3.49. The van der Waals surface area contributed by atoms with Crippen molar-refractivity contribution >= 4 is 5.97 Å². The van der Waals surface area contributed by atoms with Crippen molar-refractivity contribution in [1.29, 1.82) is 0 Å². The first kappa shape index (κ1) is 9.04. The number of rotatable bonds is 1. The number of carboxylic acid groups (broad SMARTS) is 1. The van der Waals surface area contributed by atoms with E-state index in [2.05, 4.69) is 13.8 Å². The summed E-state index contributed by atoms with van der Waals surface area (Å²) < 4.78 is 0. The van der Waals surface area contributed by atoms with Crippen LogP contribution < -0.4 is 0 Å². The zero-order chi connectivity index (χ0) is 9.85. The summed E-state index contributed by atoms with van der Waals surface area (Å²) in [5, 5.41) is 9.22. The zero-order valence-electron chi connectivity index (χ0n) is 8.63. The van der Waals surface area contributed by atoms with E-state index >= 15 is 0 Å². The van der Waals surface area contributed by atoms with E-state index < -0.39 is 11.4 Å². The molecule has 2 nitrogen and oxygen atoms in total. The molecule has 2 bridgehead atoms. The number of aliphatic carboxylic acids is 1. The van der Waals surface area contributed by atoms with Gasteiger partial charge in [0.25, 0.3) is 0 Å². The molecule has 0 heterocycles. The third kappa shape index (κ3) is 0.918. The zero-order valence-corrected chi connectivity index (χ0v) is 8.63. The summed E-state index contributed by atoms with van der Waals surface area (Å²) in [6.45, 7) is 6.38. The average molecular weight is 182 g/mol. The van der Waals surface area contributed by atoms with E-state index in [4.69, 9.17) is 0 Å². The Labute approximate surface area is 79.3 Å². The van der Waals surface area contributed by atoms with Crippen LogP contribution in [0.5, 0.6) is 0 Å². The van der Waals surface area contributed by atoms with Crippen molar-refractivity contribution < 1.29 is 9.90 Å². The van der Waals surface area contributed by atoms with Crippen molar-refractivity contribution in [3.8, 4) is 0 Å².